The van der Waals surface area contributed by atoms with Gasteiger partial charge in [0.2, 0.25) is 0 Å². The van der Waals surface area contributed by atoms with Gasteiger partial charge in [-0.25, -0.2) is 4.39 Å². The van der Waals surface area contributed by atoms with Crippen LogP contribution in [-0.4, -0.2) is 6.67 Å². The molecule has 0 spiro atoms. The topological polar surface area (TPSA) is 26.0 Å². The van der Waals surface area contributed by atoms with Gasteiger partial charge in [0.05, 0.1) is 11.6 Å². The lowest BCUT2D eigenvalue weighted by molar-refractivity contribution is -0.137. The number of hydrogen-bond donors (Lipinski definition) is 1. The molecule has 92 valence electrons. The predicted octanol–water partition coefficient (Wildman–Crippen LogP) is 3.86. The van der Waals surface area contributed by atoms with E-state index >= 15 is 0 Å². The molecule has 0 aliphatic heterocycles. The zero-order valence-electron chi connectivity index (χ0n) is 7.89. The van der Waals surface area contributed by atoms with Gasteiger partial charge in [0.1, 0.15) is 6.67 Å². The van der Waals surface area contributed by atoms with Gasteiger partial charge in [-0.05, 0) is 23.8 Å². The molecule has 7 heteroatoms. The molecule has 0 amide bonds. The molecule has 1 nitrogen and oxygen atoms in total. The number of hydrogen-bond acceptors (Lipinski definition) is 1. The lowest BCUT2D eigenvalue weighted by Crippen LogP contribution is -2.14. The van der Waals surface area contributed by atoms with E-state index in [1.54, 1.807) is 0 Å². The van der Waals surface area contributed by atoms with Gasteiger partial charge in [0.15, 0.2) is 0 Å². The molecule has 0 heterocycles. The molecule has 0 aromatic heterocycles. The third-order valence-corrected chi connectivity index (χ3v) is 2.30. The highest BCUT2D eigenvalue weighted by atomic mass is 79.9. The van der Waals surface area contributed by atoms with Crippen LogP contribution < -0.4 is 5.73 Å². The predicted molar refractivity (Wildman–Crippen MR) is 59.3 cm³/mol. The molecular formula is C9H9BrClF4N. The molecule has 1 aromatic rings. The first-order valence-corrected chi connectivity index (χ1v) is 4.83. The van der Waals surface area contributed by atoms with Crippen molar-refractivity contribution in [2.75, 3.05) is 6.67 Å². The Bertz CT molecular complexity index is 356. The van der Waals surface area contributed by atoms with E-state index in [0.29, 0.717) is 0 Å². The lowest BCUT2D eigenvalue weighted by atomic mass is 10.1. The van der Waals surface area contributed by atoms with Crippen molar-refractivity contribution in [1.82, 2.24) is 0 Å². The van der Waals surface area contributed by atoms with Gasteiger partial charge < -0.3 is 5.73 Å². The third-order valence-electron chi connectivity index (χ3n) is 1.84. The largest absolute Gasteiger partial charge is 0.416 e. The highest BCUT2D eigenvalue weighted by Gasteiger charge is 2.31. The molecule has 1 aromatic carbocycles. The third kappa shape index (κ3) is 3.92. The van der Waals surface area contributed by atoms with Crippen LogP contribution in [0.2, 0.25) is 0 Å². The van der Waals surface area contributed by atoms with E-state index in [-0.39, 0.29) is 22.4 Å². The number of benzene rings is 1. The first kappa shape index (κ1) is 15.7. The van der Waals surface area contributed by atoms with Crippen molar-refractivity contribution in [3.8, 4) is 0 Å². The number of nitrogens with two attached hydrogens (primary N) is 1. The van der Waals surface area contributed by atoms with E-state index in [0.717, 1.165) is 12.1 Å². The zero-order valence-corrected chi connectivity index (χ0v) is 10.3. The van der Waals surface area contributed by atoms with Crippen LogP contribution in [0.15, 0.2) is 22.7 Å². The molecule has 0 aliphatic rings. The fourth-order valence-corrected chi connectivity index (χ4v) is 1.59. The standard InChI is InChI=1S/C9H8BrF4N.ClH/c10-7-2-5(8(15)4-11)1-6(3-7)9(12,13)14;/h1-3,8H,4,15H2;1H/t8-;/m0./s1. The van der Waals surface area contributed by atoms with Gasteiger partial charge >= 0.3 is 6.18 Å². The summed E-state index contributed by atoms with van der Waals surface area (Å²) in [5, 5.41) is 0. The van der Waals surface area contributed by atoms with E-state index in [1.807, 2.05) is 0 Å². The fourth-order valence-electron chi connectivity index (χ4n) is 1.08. The highest BCUT2D eigenvalue weighted by molar-refractivity contribution is 9.10. The highest BCUT2D eigenvalue weighted by Crippen LogP contribution is 2.33. The summed E-state index contributed by atoms with van der Waals surface area (Å²) in [5.41, 5.74) is 4.60. The summed E-state index contributed by atoms with van der Waals surface area (Å²) < 4.78 is 49.5. The van der Waals surface area contributed by atoms with E-state index in [2.05, 4.69) is 15.9 Å². The molecule has 16 heavy (non-hydrogen) atoms. The van der Waals surface area contributed by atoms with Gasteiger partial charge in [-0.15, -0.1) is 12.4 Å². The molecule has 0 fully saturated rings. The summed E-state index contributed by atoms with van der Waals surface area (Å²) in [6, 6.07) is 2.13. The van der Waals surface area contributed by atoms with Crippen LogP contribution in [0.4, 0.5) is 17.6 Å². The second-order valence-corrected chi connectivity index (χ2v) is 3.95. The maximum Gasteiger partial charge on any atom is 0.416 e. The number of rotatable bonds is 2. The van der Waals surface area contributed by atoms with Crippen LogP contribution in [0.3, 0.4) is 0 Å². The Kier molecular flexibility index (Phi) is 5.72. The molecule has 1 rings (SSSR count). The van der Waals surface area contributed by atoms with Crippen molar-refractivity contribution < 1.29 is 17.6 Å². The summed E-state index contributed by atoms with van der Waals surface area (Å²) in [6.45, 7) is -0.895. The monoisotopic (exact) mass is 321 g/mol. The van der Waals surface area contributed by atoms with E-state index in [1.165, 1.54) is 6.07 Å². The molecule has 0 aliphatic carbocycles. The average molecular weight is 323 g/mol. The first-order valence-electron chi connectivity index (χ1n) is 4.04. The van der Waals surface area contributed by atoms with Crippen LogP contribution in [0.25, 0.3) is 0 Å². The van der Waals surface area contributed by atoms with Gasteiger partial charge in [-0.1, -0.05) is 15.9 Å². The Morgan fingerprint density at radius 1 is 1.25 bits per heavy atom. The molecule has 0 saturated heterocycles. The molecule has 0 radical (unpaired) electrons. The smallest absolute Gasteiger partial charge is 0.322 e. The second-order valence-electron chi connectivity index (χ2n) is 3.03. The van der Waals surface area contributed by atoms with Crippen LogP contribution in [0.1, 0.15) is 17.2 Å². The molecule has 2 N–H and O–H groups in total. The SMILES string of the molecule is Cl.N[C@@H](CF)c1cc(Br)cc(C(F)(F)F)c1. The van der Waals surface area contributed by atoms with E-state index < -0.39 is 24.5 Å². The Hall–Kier alpha value is -0.330. The molecule has 0 saturated carbocycles. The number of alkyl halides is 4. The maximum atomic E-state index is 12.4. The number of halogens is 6. The Morgan fingerprint density at radius 2 is 1.81 bits per heavy atom. The maximum absolute atomic E-state index is 12.4. The van der Waals surface area contributed by atoms with Crippen molar-refractivity contribution in [2.45, 2.75) is 12.2 Å². The van der Waals surface area contributed by atoms with Crippen molar-refractivity contribution in [3.63, 3.8) is 0 Å². The normalized spacial score (nSPS) is 13.1. The van der Waals surface area contributed by atoms with E-state index in [9.17, 15) is 17.6 Å². The lowest BCUT2D eigenvalue weighted by Gasteiger charge is -2.12. The quantitative estimate of drug-likeness (QED) is 0.822. The minimum atomic E-state index is -4.45. The second kappa shape index (κ2) is 5.84. The molecule has 0 bridgehead atoms. The Labute approximate surface area is 105 Å². The van der Waals surface area contributed by atoms with Crippen molar-refractivity contribution in [2.24, 2.45) is 5.73 Å². The van der Waals surface area contributed by atoms with Gasteiger partial charge in [0.25, 0.3) is 0 Å². The minimum absolute atomic E-state index is 0. The van der Waals surface area contributed by atoms with Crippen LogP contribution >= 0.6 is 28.3 Å². The van der Waals surface area contributed by atoms with Gasteiger partial charge in [-0.3, -0.25) is 0 Å². The minimum Gasteiger partial charge on any atom is -0.322 e. The summed E-state index contributed by atoms with van der Waals surface area (Å²) in [4.78, 5) is 0. The van der Waals surface area contributed by atoms with Crippen molar-refractivity contribution >= 4 is 28.3 Å². The summed E-state index contributed by atoms with van der Waals surface area (Å²) in [7, 11) is 0. The van der Waals surface area contributed by atoms with Crippen LogP contribution in [0.5, 0.6) is 0 Å². The Morgan fingerprint density at radius 3 is 2.25 bits per heavy atom. The molecular weight excluding hydrogens is 313 g/mol. The average Bonchev–Trinajstić information content (AvgIpc) is 2.14. The van der Waals surface area contributed by atoms with Gasteiger partial charge in [0, 0.05) is 4.47 Å². The van der Waals surface area contributed by atoms with Crippen molar-refractivity contribution in [3.05, 3.63) is 33.8 Å². The summed E-state index contributed by atoms with van der Waals surface area (Å²) in [5.74, 6) is 0. The van der Waals surface area contributed by atoms with Crippen LogP contribution in [-0.2, 0) is 6.18 Å². The molecule has 1 atom stereocenters. The first-order chi connectivity index (χ1) is 6.84. The summed E-state index contributed by atoms with van der Waals surface area (Å²) in [6.07, 6.45) is -4.45. The molecule has 0 unspecified atom stereocenters. The van der Waals surface area contributed by atoms with Crippen molar-refractivity contribution in [1.29, 1.82) is 0 Å². The van der Waals surface area contributed by atoms with Gasteiger partial charge in [-0.2, -0.15) is 13.2 Å². The Balaban J connectivity index is 0.00000225. The zero-order chi connectivity index (χ0) is 11.6. The summed E-state index contributed by atoms with van der Waals surface area (Å²) >= 11 is 2.92. The fraction of sp³-hybridized carbons (Fsp3) is 0.333. The van der Waals surface area contributed by atoms with E-state index in [4.69, 9.17) is 5.73 Å². The van der Waals surface area contributed by atoms with Crippen LogP contribution in [0, 0.1) is 0 Å².